The molecule has 7 heteroatoms. The summed E-state index contributed by atoms with van der Waals surface area (Å²) in [6.07, 6.45) is 0.146. The number of ether oxygens (including phenoxy) is 2. The molecule has 26 heavy (non-hydrogen) atoms. The molecule has 0 N–H and O–H groups in total. The molecule has 0 unspecified atom stereocenters. The van der Waals surface area contributed by atoms with Crippen LogP contribution in [-0.2, 0) is 20.9 Å². The van der Waals surface area contributed by atoms with Gasteiger partial charge in [-0.05, 0) is 45.0 Å². The average Bonchev–Trinajstić information content (AvgIpc) is 3.17. The lowest BCUT2D eigenvalue weighted by molar-refractivity contribution is -0.149. The molecule has 1 aliphatic heterocycles. The van der Waals surface area contributed by atoms with E-state index >= 15 is 0 Å². The van der Waals surface area contributed by atoms with Gasteiger partial charge in [-0.2, -0.15) is 0 Å². The van der Waals surface area contributed by atoms with Crippen LogP contribution in [0.4, 0.5) is 5.69 Å². The van der Waals surface area contributed by atoms with Crippen molar-refractivity contribution in [3.05, 3.63) is 41.3 Å². The van der Waals surface area contributed by atoms with Crippen molar-refractivity contribution >= 4 is 17.6 Å². The second-order valence-corrected chi connectivity index (χ2v) is 6.24. The molecule has 1 saturated heterocycles. The zero-order chi connectivity index (χ0) is 18.7. The van der Waals surface area contributed by atoms with Crippen molar-refractivity contribution in [1.29, 1.82) is 0 Å². The van der Waals surface area contributed by atoms with E-state index in [1.807, 2.05) is 31.2 Å². The molecule has 0 aliphatic carbocycles. The van der Waals surface area contributed by atoms with Gasteiger partial charge in [0, 0.05) is 18.7 Å². The van der Waals surface area contributed by atoms with Crippen molar-refractivity contribution in [1.82, 2.24) is 5.16 Å². The van der Waals surface area contributed by atoms with Gasteiger partial charge in [0.15, 0.2) is 0 Å². The fourth-order valence-electron chi connectivity index (χ4n) is 2.97. The number of amides is 1. The topological polar surface area (TPSA) is 81.9 Å². The van der Waals surface area contributed by atoms with Crippen LogP contribution in [0, 0.1) is 19.8 Å². The van der Waals surface area contributed by atoms with Gasteiger partial charge in [-0.15, -0.1) is 0 Å². The lowest BCUT2D eigenvalue weighted by Crippen LogP contribution is -2.26. The molecule has 1 aromatic carbocycles. The summed E-state index contributed by atoms with van der Waals surface area (Å²) in [4.78, 5) is 26.3. The van der Waals surface area contributed by atoms with Gasteiger partial charge in [0.25, 0.3) is 0 Å². The molecule has 1 atom stereocenters. The number of aromatic nitrogens is 1. The Hall–Kier alpha value is -2.83. The van der Waals surface area contributed by atoms with Crippen molar-refractivity contribution in [2.45, 2.75) is 33.8 Å². The molecular formula is C19H22N2O5. The van der Waals surface area contributed by atoms with E-state index in [-0.39, 0.29) is 24.9 Å². The number of hydrogen-bond donors (Lipinski definition) is 0. The lowest BCUT2D eigenvalue weighted by Gasteiger charge is -2.17. The Labute approximate surface area is 151 Å². The van der Waals surface area contributed by atoms with Crippen LogP contribution in [0.25, 0.3) is 0 Å². The third kappa shape index (κ3) is 3.71. The molecule has 3 rings (SSSR count). The van der Waals surface area contributed by atoms with Crippen molar-refractivity contribution in [2.24, 2.45) is 5.92 Å². The third-order valence-electron chi connectivity index (χ3n) is 4.46. The van der Waals surface area contributed by atoms with Gasteiger partial charge in [0.2, 0.25) is 5.91 Å². The first-order valence-corrected chi connectivity index (χ1v) is 8.61. The minimum absolute atomic E-state index is 0.0894. The first-order chi connectivity index (χ1) is 12.5. The first kappa shape index (κ1) is 18.0. The number of esters is 1. The Bertz CT molecular complexity index is 777. The Morgan fingerprint density at radius 2 is 2.04 bits per heavy atom. The van der Waals surface area contributed by atoms with Gasteiger partial charge in [0.1, 0.15) is 18.1 Å². The predicted molar refractivity (Wildman–Crippen MR) is 93.8 cm³/mol. The summed E-state index contributed by atoms with van der Waals surface area (Å²) < 4.78 is 15.8. The lowest BCUT2D eigenvalue weighted by atomic mass is 10.1. The van der Waals surface area contributed by atoms with Gasteiger partial charge in [-0.3, -0.25) is 9.59 Å². The summed E-state index contributed by atoms with van der Waals surface area (Å²) in [5.74, 6) is 0.432. The molecule has 138 valence electrons. The molecular weight excluding hydrogens is 336 g/mol. The van der Waals surface area contributed by atoms with E-state index in [2.05, 4.69) is 5.16 Å². The zero-order valence-corrected chi connectivity index (χ0v) is 15.2. The highest BCUT2D eigenvalue weighted by atomic mass is 16.5. The van der Waals surface area contributed by atoms with Crippen molar-refractivity contribution < 1.29 is 23.6 Å². The van der Waals surface area contributed by atoms with Crippen molar-refractivity contribution in [3.8, 4) is 5.75 Å². The Balaban J connectivity index is 1.60. The fourth-order valence-corrected chi connectivity index (χ4v) is 2.97. The number of rotatable bonds is 6. The van der Waals surface area contributed by atoms with Crippen LogP contribution in [0.1, 0.15) is 30.4 Å². The van der Waals surface area contributed by atoms with Gasteiger partial charge in [-0.25, -0.2) is 0 Å². The number of anilines is 1. The van der Waals surface area contributed by atoms with Gasteiger partial charge < -0.3 is 18.9 Å². The Kier molecular flexibility index (Phi) is 5.25. The highest BCUT2D eigenvalue weighted by molar-refractivity contribution is 5.99. The second kappa shape index (κ2) is 7.59. The van der Waals surface area contributed by atoms with E-state index in [1.54, 1.807) is 18.7 Å². The largest absolute Gasteiger partial charge is 0.494 e. The molecule has 1 fully saturated rings. The van der Waals surface area contributed by atoms with E-state index in [0.29, 0.717) is 24.6 Å². The van der Waals surface area contributed by atoms with Crippen LogP contribution in [0.15, 0.2) is 28.8 Å². The number of hydrogen-bond acceptors (Lipinski definition) is 6. The van der Waals surface area contributed by atoms with Gasteiger partial charge >= 0.3 is 5.97 Å². The maximum atomic E-state index is 12.4. The molecule has 0 spiro atoms. The van der Waals surface area contributed by atoms with Crippen LogP contribution in [0.5, 0.6) is 5.75 Å². The molecule has 1 aromatic heterocycles. The van der Waals surface area contributed by atoms with Crippen LogP contribution in [0.2, 0.25) is 0 Å². The summed E-state index contributed by atoms with van der Waals surface area (Å²) >= 11 is 0. The van der Waals surface area contributed by atoms with Crippen molar-refractivity contribution in [3.63, 3.8) is 0 Å². The van der Waals surface area contributed by atoms with Crippen LogP contribution < -0.4 is 9.64 Å². The summed E-state index contributed by atoms with van der Waals surface area (Å²) in [5, 5.41) is 3.84. The molecule has 1 amide bonds. The number of carbonyl (C=O) groups excluding carboxylic acids is 2. The molecule has 0 bridgehead atoms. The monoisotopic (exact) mass is 358 g/mol. The molecule has 0 radical (unpaired) electrons. The SMILES string of the molecule is CCOc1ccc(N2C[C@@H](C(=O)OCc3c(C)noc3C)CC2=O)cc1. The number of nitrogens with zero attached hydrogens (tertiary/aromatic N) is 2. The van der Waals surface area contributed by atoms with Gasteiger partial charge in [0.05, 0.1) is 23.8 Å². The highest BCUT2D eigenvalue weighted by Crippen LogP contribution is 2.28. The van der Waals surface area contributed by atoms with E-state index < -0.39 is 5.92 Å². The summed E-state index contributed by atoms with van der Waals surface area (Å²) in [6.45, 7) is 6.49. The second-order valence-electron chi connectivity index (χ2n) is 6.24. The maximum Gasteiger partial charge on any atom is 0.311 e. The summed E-state index contributed by atoms with van der Waals surface area (Å²) in [7, 11) is 0. The van der Waals surface area contributed by atoms with E-state index in [0.717, 1.165) is 17.0 Å². The van der Waals surface area contributed by atoms with Crippen LogP contribution >= 0.6 is 0 Å². The Morgan fingerprint density at radius 3 is 2.65 bits per heavy atom. The van der Waals surface area contributed by atoms with Crippen molar-refractivity contribution in [2.75, 3.05) is 18.1 Å². The quantitative estimate of drug-likeness (QED) is 0.739. The minimum atomic E-state index is -0.477. The highest BCUT2D eigenvalue weighted by Gasteiger charge is 2.36. The molecule has 0 saturated carbocycles. The predicted octanol–water partition coefficient (Wildman–Crippen LogP) is 2.79. The molecule has 7 nitrogen and oxygen atoms in total. The molecule has 2 heterocycles. The minimum Gasteiger partial charge on any atom is -0.494 e. The Morgan fingerprint density at radius 1 is 1.31 bits per heavy atom. The van der Waals surface area contributed by atoms with Crippen LogP contribution in [0.3, 0.4) is 0 Å². The standard InChI is InChI=1S/C19H22N2O5/c1-4-24-16-7-5-15(6-8-16)21-10-14(9-18(21)22)19(23)25-11-17-12(2)20-26-13(17)3/h5-8,14H,4,9-11H2,1-3H3/t14-/m0/s1. The fraction of sp³-hybridized carbons (Fsp3) is 0.421. The van der Waals surface area contributed by atoms with E-state index in [1.165, 1.54) is 0 Å². The van der Waals surface area contributed by atoms with E-state index in [4.69, 9.17) is 14.0 Å². The normalized spacial score (nSPS) is 16.8. The number of aryl methyl sites for hydroxylation is 2. The summed E-state index contributed by atoms with van der Waals surface area (Å²) in [6, 6.07) is 7.27. The zero-order valence-electron chi connectivity index (χ0n) is 15.2. The first-order valence-electron chi connectivity index (χ1n) is 8.61. The van der Waals surface area contributed by atoms with E-state index in [9.17, 15) is 9.59 Å². The third-order valence-corrected chi connectivity index (χ3v) is 4.46. The summed E-state index contributed by atoms with van der Waals surface area (Å²) in [5.41, 5.74) is 2.22. The molecule has 2 aromatic rings. The smallest absolute Gasteiger partial charge is 0.311 e. The molecule has 1 aliphatic rings. The maximum absolute atomic E-state index is 12.4. The van der Waals surface area contributed by atoms with Crippen LogP contribution in [-0.4, -0.2) is 30.2 Å². The van der Waals surface area contributed by atoms with Gasteiger partial charge in [-0.1, -0.05) is 5.16 Å². The number of benzene rings is 1. The average molecular weight is 358 g/mol. The number of carbonyl (C=O) groups is 2.